The summed E-state index contributed by atoms with van der Waals surface area (Å²) < 4.78 is 38.5. The highest BCUT2D eigenvalue weighted by atomic mass is 32.2. The van der Waals surface area contributed by atoms with E-state index in [-0.39, 0.29) is 17.4 Å². The van der Waals surface area contributed by atoms with E-state index in [9.17, 15) is 18.0 Å². The molecule has 9 heteroatoms. The Morgan fingerprint density at radius 3 is 2.62 bits per heavy atom. The number of fused-ring (bicyclic) bond motifs is 2. The smallest absolute Gasteiger partial charge is 0.336 e. The third-order valence-electron chi connectivity index (χ3n) is 6.49. The zero-order valence-corrected chi connectivity index (χ0v) is 19.8. The number of rotatable bonds is 5. The normalized spacial score (nSPS) is 16.6. The van der Waals surface area contributed by atoms with Gasteiger partial charge in [0.15, 0.2) is 6.61 Å². The molecule has 1 saturated heterocycles. The Labute approximate surface area is 197 Å². The number of hydrogen-bond acceptors (Lipinski definition) is 6. The minimum Gasteiger partial charge on any atom is -0.484 e. The highest BCUT2D eigenvalue weighted by molar-refractivity contribution is 7.89. The second kappa shape index (κ2) is 8.88. The first kappa shape index (κ1) is 22.6. The van der Waals surface area contributed by atoms with Gasteiger partial charge in [0.2, 0.25) is 10.0 Å². The number of carbonyl (C=O) groups is 1. The van der Waals surface area contributed by atoms with E-state index in [1.165, 1.54) is 6.07 Å². The number of ether oxygens (including phenoxy) is 1. The first-order chi connectivity index (χ1) is 16.3. The summed E-state index contributed by atoms with van der Waals surface area (Å²) in [5.41, 5.74) is 2.34. The molecule has 1 aromatic heterocycles. The van der Waals surface area contributed by atoms with Crippen LogP contribution in [0, 0.1) is 6.92 Å². The van der Waals surface area contributed by atoms with Crippen LogP contribution >= 0.6 is 0 Å². The lowest BCUT2D eigenvalue weighted by Crippen LogP contribution is -2.35. The standard InChI is InChI=1S/C25H26N2O6S/c1-17-13-25(29)33-23-15-19(5-7-21(17)23)32-16-24(28)27-12-9-18-14-20(6-8-22(18)27)34(30,31)26-10-3-2-4-11-26/h5-8,13-15H,2-4,9-12,16H2,1H3. The number of amides is 1. The maximum atomic E-state index is 13.0. The number of carbonyl (C=O) groups excluding carboxylic acids is 1. The van der Waals surface area contributed by atoms with Gasteiger partial charge in [-0.2, -0.15) is 4.31 Å². The summed E-state index contributed by atoms with van der Waals surface area (Å²) in [5.74, 6) is 0.202. The molecule has 34 heavy (non-hydrogen) atoms. The zero-order valence-electron chi connectivity index (χ0n) is 19.0. The van der Waals surface area contributed by atoms with Crippen LogP contribution in [0.3, 0.4) is 0 Å². The van der Waals surface area contributed by atoms with E-state index in [2.05, 4.69) is 0 Å². The van der Waals surface area contributed by atoms with E-state index in [1.807, 2.05) is 6.92 Å². The van der Waals surface area contributed by atoms with Crippen LogP contribution in [0.4, 0.5) is 5.69 Å². The molecule has 1 amide bonds. The number of sulfonamides is 1. The van der Waals surface area contributed by atoms with Crippen LogP contribution in [0.1, 0.15) is 30.4 Å². The predicted molar refractivity (Wildman–Crippen MR) is 128 cm³/mol. The molecule has 2 aliphatic rings. The summed E-state index contributed by atoms with van der Waals surface area (Å²) >= 11 is 0. The summed E-state index contributed by atoms with van der Waals surface area (Å²) in [6.45, 7) is 3.22. The van der Waals surface area contributed by atoms with Gasteiger partial charge in [-0.3, -0.25) is 4.79 Å². The molecule has 0 unspecified atom stereocenters. The molecule has 3 aromatic rings. The second-order valence-electron chi connectivity index (χ2n) is 8.75. The SMILES string of the molecule is Cc1cc(=O)oc2cc(OCC(=O)N3CCc4cc(S(=O)(=O)N5CCCCC5)ccc43)ccc12. The van der Waals surface area contributed by atoms with Crippen LogP contribution in [-0.2, 0) is 21.2 Å². The van der Waals surface area contributed by atoms with Crippen molar-refractivity contribution < 1.29 is 22.4 Å². The maximum Gasteiger partial charge on any atom is 0.336 e. The van der Waals surface area contributed by atoms with E-state index in [1.54, 1.807) is 45.6 Å². The van der Waals surface area contributed by atoms with Gasteiger partial charge in [-0.25, -0.2) is 13.2 Å². The molecule has 0 atom stereocenters. The molecule has 178 valence electrons. The van der Waals surface area contributed by atoms with Crippen molar-refractivity contribution in [2.45, 2.75) is 37.5 Å². The fourth-order valence-corrected chi connectivity index (χ4v) is 6.24. The monoisotopic (exact) mass is 482 g/mol. The van der Waals surface area contributed by atoms with Gasteiger partial charge in [0, 0.05) is 42.8 Å². The van der Waals surface area contributed by atoms with Gasteiger partial charge in [-0.15, -0.1) is 0 Å². The number of aryl methyl sites for hydroxylation is 1. The van der Waals surface area contributed by atoms with Gasteiger partial charge in [0.05, 0.1) is 4.90 Å². The van der Waals surface area contributed by atoms with Gasteiger partial charge in [0.1, 0.15) is 11.3 Å². The lowest BCUT2D eigenvalue weighted by molar-refractivity contribution is -0.120. The van der Waals surface area contributed by atoms with Crippen LogP contribution < -0.4 is 15.3 Å². The molecule has 0 radical (unpaired) electrons. The van der Waals surface area contributed by atoms with Crippen molar-refractivity contribution >= 4 is 32.6 Å². The van der Waals surface area contributed by atoms with Gasteiger partial charge < -0.3 is 14.1 Å². The number of nitrogens with zero attached hydrogens (tertiary/aromatic N) is 2. The topological polar surface area (TPSA) is 97.1 Å². The molecule has 2 aliphatic heterocycles. The quantitative estimate of drug-likeness (QED) is 0.518. The Morgan fingerprint density at radius 2 is 1.82 bits per heavy atom. The van der Waals surface area contributed by atoms with E-state index >= 15 is 0 Å². The Kier molecular flexibility index (Phi) is 5.91. The molecular weight excluding hydrogens is 456 g/mol. The number of benzene rings is 2. The Morgan fingerprint density at radius 1 is 1.03 bits per heavy atom. The molecule has 0 N–H and O–H groups in total. The highest BCUT2D eigenvalue weighted by Gasteiger charge is 2.30. The van der Waals surface area contributed by atoms with Crippen molar-refractivity contribution in [3.8, 4) is 5.75 Å². The third-order valence-corrected chi connectivity index (χ3v) is 8.38. The molecule has 8 nitrogen and oxygen atoms in total. The Bertz CT molecular complexity index is 1420. The summed E-state index contributed by atoms with van der Waals surface area (Å²) in [6.07, 6.45) is 3.41. The molecule has 2 aromatic carbocycles. The van der Waals surface area contributed by atoms with Gasteiger partial charge in [-0.1, -0.05) is 6.42 Å². The maximum absolute atomic E-state index is 13.0. The van der Waals surface area contributed by atoms with E-state index in [4.69, 9.17) is 9.15 Å². The minimum absolute atomic E-state index is 0.186. The Balaban J connectivity index is 1.29. The zero-order chi connectivity index (χ0) is 23.9. The number of piperidine rings is 1. The molecule has 0 bridgehead atoms. The number of hydrogen-bond donors (Lipinski definition) is 0. The van der Waals surface area contributed by atoms with E-state index in [0.29, 0.717) is 43.1 Å². The summed E-state index contributed by atoms with van der Waals surface area (Å²) in [6, 6.07) is 11.6. The van der Waals surface area contributed by atoms with Gasteiger partial charge in [0.25, 0.3) is 5.91 Å². The lowest BCUT2D eigenvalue weighted by Gasteiger charge is -2.26. The minimum atomic E-state index is -3.52. The molecule has 1 fully saturated rings. The van der Waals surface area contributed by atoms with Crippen LogP contribution in [0.2, 0.25) is 0 Å². The molecular formula is C25H26N2O6S. The van der Waals surface area contributed by atoms with Crippen molar-refractivity contribution in [3.63, 3.8) is 0 Å². The fourth-order valence-electron chi connectivity index (χ4n) is 4.67. The summed E-state index contributed by atoms with van der Waals surface area (Å²) in [7, 11) is -3.52. The largest absolute Gasteiger partial charge is 0.484 e. The van der Waals surface area contributed by atoms with Crippen LogP contribution in [0.15, 0.2) is 56.6 Å². The van der Waals surface area contributed by atoms with Crippen molar-refractivity contribution in [1.82, 2.24) is 4.31 Å². The van der Waals surface area contributed by atoms with E-state index in [0.717, 1.165) is 35.8 Å². The third kappa shape index (κ3) is 4.21. The first-order valence-electron chi connectivity index (χ1n) is 11.4. The van der Waals surface area contributed by atoms with Crippen LogP contribution in [0.5, 0.6) is 5.75 Å². The number of anilines is 1. The second-order valence-corrected chi connectivity index (χ2v) is 10.7. The van der Waals surface area contributed by atoms with Gasteiger partial charge in [-0.05, 0) is 67.6 Å². The van der Waals surface area contributed by atoms with Crippen molar-refractivity contribution in [2.24, 2.45) is 0 Å². The lowest BCUT2D eigenvalue weighted by atomic mass is 10.1. The van der Waals surface area contributed by atoms with Gasteiger partial charge >= 0.3 is 5.63 Å². The van der Waals surface area contributed by atoms with E-state index < -0.39 is 15.6 Å². The summed E-state index contributed by atoms with van der Waals surface area (Å²) in [4.78, 5) is 26.4. The van der Waals surface area contributed by atoms with Crippen molar-refractivity contribution in [2.75, 3.05) is 31.1 Å². The Hall–Kier alpha value is -3.17. The summed E-state index contributed by atoms with van der Waals surface area (Å²) in [5, 5.41) is 0.807. The highest BCUT2D eigenvalue weighted by Crippen LogP contribution is 2.32. The van der Waals surface area contributed by atoms with Crippen molar-refractivity contribution in [3.05, 3.63) is 64.0 Å². The average molecular weight is 483 g/mol. The van der Waals surface area contributed by atoms with Crippen molar-refractivity contribution in [1.29, 1.82) is 0 Å². The molecule has 5 rings (SSSR count). The molecule has 3 heterocycles. The fraction of sp³-hybridized carbons (Fsp3) is 0.360. The predicted octanol–water partition coefficient (Wildman–Crippen LogP) is 3.24. The molecule has 0 spiro atoms. The first-order valence-corrected chi connectivity index (χ1v) is 12.9. The molecule has 0 saturated carbocycles. The van der Waals surface area contributed by atoms with Crippen LogP contribution in [-0.4, -0.2) is 44.9 Å². The molecule has 0 aliphatic carbocycles. The van der Waals surface area contributed by atoms with Crippen LogP contribution in [0.25, 0.3) is 11.0 Å². The average Bonchev–Trinajstić information content (AvgIpc) is 3.26.